The van der Waals surface area contributed by atoms with Gasteiger partial charge in [0.1, 0.15) is 0 Å². The Bertz CT molecular complexity index is 1000. The third-order valence-electron chi connectivity index (χ3n) is 4.20. The Kier molecular flexibility index (Phi) is 5.22. The minimum atomic E-state index is -0.534. The average molecular weight is 370 g/mol. The number of oxazole rings is 1. The molecule has 9 heteroatoms. The lowest BCUT2D eigenvalue weighted by Crippen LogP contribution is -2.16. The maximum absolute atomic E-state index is 12.6. The number of anilines is 1. The summed E-state index contributed by atoms with van der Waals surface area (Å²) in [6.45, 7) is 4.58. The Morgan fingerprint density at radius 3 is 2.63 bits per heavy atom. The summed E-state index contributed by atoms with van der Waals surface area (Å²) in [5.41, 5.74) is 13.1. The van der Waals surface area contributed by atoms with E-state index < -0.39 is 11.8 Å². The van der Waals surface area contributed by atoms with Crippen molar-refractivity contribution in [3.63, 3.8) is 0 Å². The molecular formula is C18H22N6O3. The van der Waals surface area contributed by atoms with Crippen molar-refractivity contribution >= 4 is 28.8 Å². The van der Waals surface area contributed by atoms with Crippen LogP contribution < -0.4 is 16.8 Å². The van der Waals surface area contributed by atoms with Crippen molar-refractivity contribution in [1.82, 2.24) is 14.5 Å². The van der Waals surface area contributed by atoms with Crippen LogP contribution in [0.4, 0.5) is 5.95 Å². The number of nitrogens with zero attached hydrogens (tertiary/aromatic N) is 3. The maximum atomic E-state index is 12.6. The Hall–Kier alpha value is -3.20. The van der Waals surface area contributed by atoms with Crippen LogP contribution in [0, 0.1) is 13.8 Å². The third-order valence-corrected chi connectivity index (χ3v) is 4.20. The van der Waals surface area contributed by atoms with Crippen LogP contribution in [0.25, 0.3) is 11.0 Å². The Balaban J connectivity index is 1.98. The van der Waals surface area contributed by atoms with E-state index in [1.54, 1.807) is 32.0 Å². The molecule has 27 heavy (non-hydrogen) atoms. The fourth-order valence-corrected chi connectivity index (χ4v) is 2.92. The van der Waals surface area contributed by atoms with E-state index in [2.05, 4.69) is 15.3 Å². The summed E-state index contributed by atoms with van der Waals surface area (Å²) >= 11 is 0. The van der Waals surface area contributed by atoms with Gasteiger partial charge in [-0.1, -0.05) is 0 Å². The van der Waals surface area contributed by atoms with E-state index in [1.165, 1.54) is 0 Å². The molecule has 2 amide bonds. The molecular weight excluding hydrogens is 348 g/mol. The van der Waals surface area contributed by atoms with Crippen LogP contribution in [-0.2, 0) is 6.54 Å². The summed E-state index contributed by atoms with van der Waals surface area (Å²) in [5, 5.41) is 2.78. The van der Waals surface area contributed by atoms with Gasteiger partial charge in [0.15, 0.2) is 5.89 Å². The number of hydrogen-bond donors (Lipinski definition) is 3. The van der Waals surface area contributed by atoms with Crippen LogP contribution in [0.1, 0.15) is 45.3 Å². The largest absolute Gasteiger partial charge is 0.436 e. The van der Waals surface area contributed by atoms with Crippen molar-refractivity contribution < 1.29 is 14.0 Å². The van der Waals surface area contributed by atoms with Gasteiger partial charge in [0.2, 0.25) is 17.6 Å². The minimum absolute atomic E-state index is 0.144. The number of carbonyl (C=O) groups excluding carboxylic acids is 2. The van der Waals surface area contributed by atoms with Gasteiger partial charge in [0.25, 0.3) is 5.91 Å². The maximum Gasteiger partial charge on any atom is 0.295 e. The molecule has 0 spiro atoms. The number of hydrogen-bond acceptors (Lipinski definition) is 6. The van der Waals surface area contributed by atoms with Crippen molar-refractivity contribution in [1.29, 1.82) is 0 Å². The summed E-state index contributed by atoms with van der Waals surface area (Å²) in [6.07, 6.45) is 1.66. The predicted octanol–water partition coefficient (Wildman–Crippen LogP) is 1.73. The van der Waals surface area contributed by atoms with E-state index in [1.807, 2.05) is 4.57 Å². The summed E-state index contributed by atoms with van der Waals surface area (Å²) in [4.78, 5) is 32.6. The number of fused-ring (bicyclic) bond motifs is 1. The lowest BCUT2D eigenvalue weighted by Gasteiger charge is -2.09. The third kappa shape index (κ3) is 3.82. The standard InChI is InChI=1S/C18H22N6O3/c1-10-15(27-11(2)21-10)17(26)23-18-22-13-9-12(16(20)25)5-6-14(13)24(18)8-4-3-7-19/h5-6,9H,3-4,7-8,19H2,1-2H3,(H2,20,25)(H,22,23,26). The second kappa shape index (κ2) is 7.58. The smallest absolute Gasteiger partial charge is 0.295 e. The van der Waals surface area contributed by atoms with Crippen molar-refractivity contribution in [3.05, 3.63) is 41.1 Å². The SMILES string of the molecule is Cc1nc(C)c(C(=O)Nc2nc3cc(C(N)=O)ccc3n2CCCCN)o1. The monoisotopic (exact) mass is 370 g/mol. The molecule has 1 aromatic carbocycles. The lowest BCUT2D eigenvalue weighted by molar-refractivity contribution is 0.0988. The fraction of sp³-hybridized carbons (Fsp3) is 0.333. The molecule has 0 fully saturated rings. The van der Waals surface area contributed by atoms with Gasteiger partial charge in [-0.2, -0.15) is 0 Å². The fourth-order valence-electron chi connectivity index (χ4n) is 2.92. The highest BCUT2D eigenvalue weighted by Gasteiger charge is 2.20. The molecule has 0 aliphatic carbocycles. The van der Waals surface area contributed by atoms with Gasteiger partial charge in [-0.15, -0.1) is 0 Å². The number of carbonyl (C=O) groups is 2. The second-order valence-electron chi connectivity index (χ2n) is 6.25. The average Bonchev–Trinajstić information content (AvgIpc) is 3.13. The van der Waals surface area contributed by atoms with E-state index in [-0.39, 0.29) is 5.76 Å². The molecule has 0 atom stereocenters. The molecule has 0 saturated heterocycles. The molecule has 142 valence electrons. The van der Waals surface area contributed by atoms with Crippen LogP contribution in [0.3, 0.4) is 0 Å². The molecule has 3 rings (SSSR count). The molecule has 0 aliphatic rings. The number of nitrogens with two attached hydrogens (primary N) is 2. The van der Waals surface area contributed by atoms with Crippen molar-refractivity contribution in [2.24, 2.45) is 11.5 Å². The molecule has 0 unspecified atom stereocenters. The van der Waals surface area contributed by atoms with Crippen LogP contribution in [-0.4, -0.2) is 32.9 Å². The quantitative estimate of drug-likeness (QED) is 0.541. The molecule has 0 bridgehead atoms. The van der Waals surface area contributed by atoms with Gasteiger partial charge in [0.05, 0.1) is 16.7 Å². The first-order chi connectivity index (χ1) is 12.9. The zero-order valence-electron chi connectivity index (χ0n) is 15.3. The zero-order valence-corrected chi connectivity index (χ0v) is 15.3. The van der Waals surface area contributed by atoms with E-state index >= 15 is 0 Å². The zero-order chi connectivity index (χ0) is 19.6. The van der Waals surface area contributed by atoms with Gasteiger partial charge in [0, 0.05) is 19.0 Å². The number of amides is 2. The normalized spacial score (nSPS) is 11.1. The molecule has 0 saturated carbocycles. The number of nitrogens with one attached hydrogen (secondary N) is 1. The Labute approximate surface area is 155 Å². The first-order valence-electron chi connectivity index (χ1n) is 8.66. The molecule has 2 heterocycles. The molecule has 5 N–H and O–H groups in total. The van der Waals surface area contributed by atoms with Crippen LogP contribution >= 0.6 is 0 Å². The van der Waals surface area contributed by atoms with E-state index in [0.717, 1.165) is 18.4 Å². The number of benzene rings is 1. The second-order valence-corrected chi connectivity index (χ2v) is 6.25. The van der Waals surface area contributed by atoms with Crippen molar-refractivity contribution in [2.75, 3.05) is 11.9 Å². The topological polar surface area (TPSA) is 142 Å². The highest BCUT2D eigenvalue weighted by atomic mass is 16.4. The number of aromatic nitrogens is 3. The minimum Gasteiger partial charge on any atom is -0.436 e. The highest BCUT2D eigenvalue weighted by molar-refractivity contribution is 6.03. The van der Waals surface area contributed by atoms with Gasteiger partial charge < -0.3 is 20.5 Å². The number of imidazole rings is 1. The molecule has 3 aromatic rings. The van der Waals surface area contributed by atoms with Gasteiger partial charge in [-0.05, 0) is 44.5 Å². The first kappa shape index (κ1) is 18.6. The van der Waals surface area contributed by atoms with Gasteiger partial charge >= 0.3 is 0 Å². The Morgan fingerprint density at radius 2 is 2.00 bits per heavy atom. The number of unbranched alkanes of at least 4 members (excludes halogenated alkanes) is 1. The van der Waals surface area contributed by atoms with E-state index in [4.69, 9.17) is 15.9 Å². The van der Waals surface area contributed by atoms with Crippen molar-refractivity contribution in [3.8, 4) is 0 Å². The lowest BCUT2D eigenvalue weighted by atomic mass is 10.2. The molecule has 9 nitrogen and oxygen atoms in total. The van der Waals surface area contributed by atoms with Gasteiger partial charge in [-0.25, -0.2) is 9.97 Å². The molecule has 0 radical (unpaired) electrons. The van der Waals surface area contributed by atoms with Crippen molar-refractivity contribution in [2.45, 2.75) is 33.2 Å². The number of rotatable bonds is 7. The number of aryl methyl sites for hydroxylation is 3. The molecule has 0 aliphatic heterocycles. The number of primary amides is 1. The molecule has 2 aromatic heterocycles. The summed E-state index contributed by atoms with van der Waals surface area (Å²) in [7, 11) is 0. The highest BCUT2D eigenvalue weighted by Crippen LogP contribution is 2.23. The predicted molar refractivity (Wildman–Crippen MR) is 100 cm³/mol. The van der Waals surface area contributed by atoms with E-state index in [9.17, 15) is 9.59 Å². The van der Waals surface area contributed by atoms with Crippen LogP contribution in [0.5, 0.6) is 0 Å². The van der Waals surface area contributed by atoms with Crippen LogP contribution in [0.15, 0.2) is 22.6 Å². The Morgan fingerprint density at radius 1 is 1.22 bits per heavy atom. The summed E-state index contributed by atoms with van der Waals surface area (Å²) < 4.78 is 7.25. The van der Waals surface area contributed by atoms with Gasteiger partial charge in [-0.3, -0.25) is 14.9 Å². The van der Waals surface area contributed by atoms with E-state index in [0.29, 0.717) is 41.7 Å². The summed E-state index contributed by atoms with van der Waals surface area (Å²) in [5.74, 6) is -0.0419. The van der Waals surface area contributed by atoms with Crippen LogP contribution in [0.2, 0.25) is 0 Å². The summed E-state index contributed by atoms with van der Waals surface area (Å²) in [6, 6.07) is 5.02. The first-order valence-corrected chi connectivity index (χ1v) is 8.66.